The zero-order valence-electron chi connectivity index (χ0n) is 23.6. The molecule has 1 saturated carbocycles. The number of pyridine rings is 2. The second-order valence-corrected chi connectivity index (χ2v) is 11.6. The number of piperidine rings is 1. The summed E-state index contributed by atoms with van der Waals surface area (Å²) >= 11 is 0. The number of likely N-dealkylation sites (tertiary alicyclic amines) is 1. The maximum absolute atomic E-state index is 13.6. The lowest BCUT2D eigenvalue weighted by Gasteiger charge is -2.44. The van der Waals surface area contributed by atoms with E-state index in [0.717, 1.165) is 35.5 Å². The van der Waals surface area contributed by atoms with Crippen LogP contribution in [0.15, 0.2) is 60.9 Å². The fourth-order valence-corrected chi connectivity index (χ4v) is 6.31. The summed E-state index contributed by atoms with van der Waals surface area (Å²) in [6.07, 6.45) is 5.89. The van der Waals surface area contributed by atoms with Crippen molar-refractivity contribution in [1.29, 1.82) is 0 Å². The minimum atomic E-state index is -1.17. The minimum absolute atomic E-state index is 0.0809. The van der Waals surface area contributed by atoms with E-state index in [1.54, 1.807) is 36.3 Å². The Kier molecular flexibility index (Phi) is 6.30. The first-order valence-corrected chi connectivity index (χ1v) is 14.4. The van der Waals surface area contributed by atoms with E-state index >= 15 is 0 Å². The number of nitrogens with zero attached hydrogens (tertiary/aromatic N) is 3. The van der Waals surface area contributed by atoms with Crippen molar-refractivity contribution < 1.29 is 38.9 Å². The van der Waals surface area contributed by atoms with Crippen LogP contribution in [0.25, 0.3) is 22.0 Å². The number of rotatable bonds is 5. The third-order valence-electron chi connectivity index (χ3n) is 8.77. The molecule has 1 amide bonds. The Labute approximate surface area is 247 Å². The van der Waals surface area contributed by atoms with Gasteiger partial charge in [0.05, 0.1) is 30.2 Å². The maximum atomic E-state index is 13.6. The third kappa shape index (κ3) is 4.82. The van der Waals surface area contributed by atoms with E-state index in [2.05, 4.69) is 6.07 Å². The molecule has 4 heterocycles. The molecule has 10 heteroatoms. The standard InChI is InChI=1S/C33H29N3O7/c1-42-29-15-26(34-30-23(19-5-6-19)3-2-4-24(29)30)31(38)35-11-9-33(10-12-35)16-27(37)25-14-20(7-8-28(25)43-33)21-13-22(32(39)40)18-36(41)17-21/h2-4,7-8,13-15,17-19H,5-6,9-12,16H2,1H3,(H-,39,40,41)/p+1. The van der Waals surface area contributed by atoms with Crippen LogP contribution in [0.2, 0.25) is 0 Å². The number of Topliss-reactive ketones (excluding diaryl/α,β-unsaturated/α-hetero) is 1. The van der Waals surface area contributed by atoms with Crippen LogP contribution >= 0.6 is 0 Å². The lowest BCUT2D eigenvalue weighted by Crippen LogP contribution is -2.52. The molecule has 0 unspecified atom stereocenters. The molecule has 1 saturated heterocycles. The van der Waals surface area contributed by atoms with Gasteiger partial charge in [-0.1, -0.05) is 18.2 Å². The fourth-order valence-electron chi connectivity index (χ4n) is 6.31. The Morgan fingerprint density at radius 3 is 2.58 bits per heavy atom. The molecule has 1 spiro atoms. The Bertz CT molecular complexity index is 1820. The highest BCUT2D eigenvalue weighted by Crippen LogP contribution is 2.44. The van der Waals surface area contributed by atoms with Gasteiger partial charge in [-0.05, 0) is 54.2 Å². The molecule has 10 nitrogen and oxygen atoms in total. The average Bonchev–Trinajstić information content (AvgIpc) is 3.85. The summed E-state index contributed by atoms with van der Waals surface area (Å²) in [6.45, 7) is 0.842. The van der Waals surface area contributed by atoms with Crippen molar-refractivity contribution >= 4 is 28.6 Å². The van der Waals surface area contributed by atoms with Crippen LogP contribution in [0.1, 0.15) is 74.8 Å². The SMILES string of the molecule is COc1cc(C(=O)N2CCC3(CC2)CC(=O)c2cc(-c4cc(C(=O)O)c[n+](O)c4)ccc2O3)nc2c(C3CC3)cccc12. The molecule has 2 N–H and O–H groups in total. The van der Waals surface area contributed by atoms with Gasteiger partial charge in [-0.2, -0.15) is 0 Å². The molecule has 43 heavy (non-hydrogen) atoms. The second kappa shape index (κ2) is 10.1. The number of carboxylic acids is 1. The van der Waals surface area contributed by atoms with Gasteiger partial charge in [-0.3, -0.25) is 14.8 Å². The number of fused-ring (bicyclic) bond motifs is 2. The molecule has 4 aromatic rings. The zero-order valence-corrected chi connectivity index (χ0v) is 23.6. The van der Waals surface area contributed by atoms with E-state index in [1.165, 1.54) is 12.3 Å². The number of para-hydroxylation sites is 1. The summed E-state index contributed by atoms with van der Waals surface area (Å²) in [6, 6.07) is 14.3. The van der Waals surface area contributed by atoms with E-state index in [1.807, 2.05) is 12.1 Å². The molecule has 1 aliphatic carbocycles. The quantitative estimate of drug-likeness (QED) is 0.258. The zero-order chi connectivity index (χ0) is 29.9. The highest BCUT2D eigenvalue weighted by atomic mass is 16.5. The summed E-state index contributed by atoms with van der Waals surface area (Å²) in [4.78, 5) is 45.0. The Hall–Kier alpha value is -4.99. The van der Waals surface area contributed by atoms with Crippen molar-refractivity contribution in [3.8, 4) is 22.6 Å². The highest BCUT2D eigenvalue weighted by Gasteiger charge is 2.44. The molecule has 7 rings (SSSR count). The number of ketones is 1. The van der Waals surface area contributed by atoms with E-state index in [-0.39, 0.29) is 23.7 Å². The van der Waals surface area contributed by atoms with Crippen LogP contribution in [0.5, 0.6) is 11.5 Å². The van der Waals surface area contributed by atoms with Gasteiger partial charge >= 0.3 is 5.97 Å². The Morgan fingerprint density at radius 1 is 1.07 bits per heavy atom. The van der Waals surface area contributed by atoms with Crippen LogP contribution < -0.4 is 14.2 Å². The van der Waals surface area contributed by atoms with Crippen LogP contribution in [-0.4, -0.2) is 63.7 Å². The minimum Gasteiger partial charge on any atom is -0.496 e. The topological polar surface area (TPSA) is 130 Å². The number of benzene rings is 2. The predicted molar refractivity (Wildman–Crippen MR) is 154 cm³/mol. The summed E-state index contributed by atoms with van der Waals surface area (Å²) in [5.74, 6) is 0.138. The largest absolute Gasteiger partial charge is 0.496 e. The normalized spacial score (nSPS) is 17.4. The van der Waals surface area contributed by atoms with Crippen molar-refractivity contribution in [2.75, 3.05) is 20.2 Å². The van der Waals surface area contributed by atoms with E-state index in [0.29, 0.717) is 70.5 Å². The fraction of sp³-hybridized carbons (Fsp3) is 0.303. The van der Waals surface area contributed by atoms with Gasteiger partial charge in [0.1, 0.15) is 28.4 Å². The monoisotopic (exact) mass is 580 g/mol. The van der Waals surface area contributed by atoms with Gasteiger partial charge in [0.2, 0.25) is 12.4 Å². The predicted octanol–water partition coefficient (Wildman–Crippen LogP) is 4.65. The van der Waals surface area contributed by atoms with Gasteiger partial charge < -0.3 is 19.5 Å². The first kappa shape index (κ1) is 26.9. The molecular formula is C33H30N3O7+. The number of carbonyl (C=O) groups excluding carboxylic acids is 2. The molecule has 0 atom stereocenters. The number of ether oxygens (including phenoxy) is 2. The van der Waals surface area contributed by atoms with Crippen LogP contribution in [0.4, 0.5) is 0 Å². The number of hydrogen-bond donors (Lipinski definition) is 2. The van der Waals surface area contributed by atoms with Gasteiger partial charge in [0.25, 0.3) is 5.91 Å². The van der Waals surface area contributed by atoms with Gasteiger partial charge in [0, 0.05) is 42.1 Å². The average molecular weight is 581 g/mol. The number of carboxylic acid groups (broad SMARTS) is 1. The lowest BCUT2D eigenvalue weighted by atomic mass is 9.82. The molecular weight excluding hydrogens is 550 g/mol. The van der Waals surface area contributed by atoms with Crippen molar-refractivity contribution in [1.82, 2.24) is 9.88 Å². The molecule has 2 aromatic carbocycles. The van der Waals surface area contributed by atoms with Crippen LogP contribution in [0, 0.1) is 0 Å². The van der Waals surface area contributed by atoms with Gasteiger partial charge in [-0.15, -0.1) is 0 Å². The van der Waals surface area contributed by atoms with Crippen LogP contribution in [0.3, 0.4) is 0 Å². The number of aromatic carboxylic acids is 1. The summed E-state index contributed by atoms with van der Waals surface area (Å²) in [7, 11) is 1.60. The third-order valence-corrected chi connectivity index (χ3v) is 8.77. The molecule has 2 aliphatic heterocycles. The summed E-state index contributed by atoms with van der Waals surface area (Å²) < 4.78 is 12.8. The number of hydrogen-bond acceptors (Lipinski definition) is 7. The highest BCUT2D eigenvalue weighted by molar-refractivity contribution is 6.02. The van der Waals surface area contributed by atoms with Crippen molar-refractivity contribution in [3.63, 3.8) is 0 Å². The van der Waals surface area contributed by atoms with E-state index in [4.69, 9.17) is 14.5 Å². The Morgan fingerprint density at radius 2 is 1.86 bits per heavy atom. The second-order valence-electron chi connectivity index (χ2n) is 11.6. The van der Waals surface area contributed by atoms with Crippen LogP contribution in [-0.2, 0) is 0 Å². The van der Waals surface area contributed by atoms with Gasteiger partial charge in [0.15, 0.2) is 5.78 Å². The Balaban J connectivity index is 1.10. The van der Waals surface area contributed by atoms with Crippen molar-refractivity contribution in [3.05, 3.63) is 83.3 Å². The molecule has 0 bridgehead atoms. The molecule has 218 valence electrons. The maximum Gasteiger partial charge on any atom is 0.342 e. The smallest absolute Gasteiger partial charge is 0.342 e. The van der Waals surface area contributed by atoms with Crippen molar-refractivity contribution in [2.45, 2.75) is 43.6 Å². The summed E-state index contributed by atoms with van der Waals surface area (Å²) in [5, 5.41) is 20.2. The molecule has 2 fully saturated rings. The van der Waals surface area contributed by atoms with E-state index in [9.17, 15) is 24.7 Å². The molecule has 3 aliphatic rings. The number of aromatic nitrogens is 2. The number of methoxy groups -OCH3 is 1. The van der Waals surface area contributed by atoms with E-state index < -0.39 is 11.6 Å². The first-order valence-electron chi connectivity index (χ1n) is 14.4. The molecule has 2 aromatic heterocycles. The first-order chi connectivity index (χ1) is 20.7. The number of carbonyl (C=O) groups is 3. The lowest BCUT2D eigenvalue weighted by molar-refractivity contribution is -0.904. The van der Waals surface area contributed by atoms with Gasteiger partial charge in [-0.25, -0.2) is 9.78 Å². The number of amides is 1. The molecule has 0 radical (unpaired) electrons. The summed E-state index contributed by atoms with van der Waals surface area (Å²) in [5.41, 5.74) is 2.98. The van der Waals surface area contributed by atoms with Crippen molar-refractivity contribution in [2.24, 2.45) is 0 Å².